The highest BCUT2D eigenvalue weighted by Crippen LogP contribution is 2.48. The summed E-state index contributed by atoms with van der Waals surface area (Å²) < 4.78 is 16.2. The molecule has 0 saturated heterocycles. The zero-order valence-corrected chi connectivity index (χ0v) is 16.6. The maximum Gasteiger partial charge on any atom is 0.191 e. The second-order valence-electron chi connectivity index (χ2n) is 7.59. The monoisotopic (exact) mass is 391 g/mol. The SMILES string of the molecule is CN=C(NCc1cccc(Cn2ccnc2)c1)NCC1(c2ccccc2F)CC1. The van der Waals surface area contributed by atoms with Crippen LogP contribution in [-0.2, 0) is 18.5 Å². The van der Waals surface area contributed by atoms with Gasteiger partial charge in [-0.05, 0) is 35.6 Å². The second-order valence-corrected chi connectivity index (χ2v) is 7.59. The van der Waals surface area contributed by atoms with Crippen LogP contribution in [0, 0.1) is 5.82 Å². The van der Waals surface area contributed by atoms with E-state index >= 15 is 0 Å². The Hall–Kier alpha value is -3.15. The topological polar surface area (TPSA) is 54.2 Å². The second kappa shape index (κ2) is 8.47. The summed E-state index contributed by atoms with van der Waals surface area (Å²) in [6.07, 6.45) is 7.55. The number of aromatic nitrogens is 2. The van der Waals surface area contributed by atoms with Gasteiger partial charge in [-0.1, -0.05) is 42.5 Å². The van der Waals surface area contributed by atoms with Gasteiger partial charge in [-0.2, -0.15) is 0 Å². The lowest BCUT2D eigenvalue weighted by Crippen LogP contribution is -2.41. The lowest BCUT2D eigenvalue weighted by atomic mass is 9.95. The highest BCUT2D eigenvalue weighted by Gasteiger charge is 2.45. The van der Waals surface area contributed by atoms with Gasteiger partial charge in [-0.15, -0.1) is 0 Å². The minimum atomic E-state index is -0.121. The van der Waals surface area contributed by atoms with Crippen LogP contribution in [0.3, 0.4) is 0 Å². The molecule has 0 bridgehead atoms. The Balaban J connectivity index is 1.33. The largest absolute Gasteiger partial charge is 0.356 e. The number of nitrogens with one attached hydrogen (secondary N) is 2. The van der Waals surface area contributed by atoms with Gasteiger partial charge in [-0.3, -0.25) is 4.99 Å². The molecule has 6 heteroatoms. The Bertz CT molecular complexity index is 976. The highest BCUT2D eigenvalue weighted by atomic mass is 19.1. The molecule has 1 aliphatic rings. The molecule has 0 atom stereocenters. The van der Waals surface area contributed by atoms with Gasteiger partial charge in [-0.25, -0.2) is 9.37 Å². The first-order valence-corrected chi connectivity index (χ1v) is 9.92. The third-order valence-electron chi connectivity index (χ3n) is 5.49. The van der Waals surface area contributed by atoms with Crippen LogP contribution in [0.1, 0.15) is 29.5 Å². The number of benzene rings is 2. The van der Waals surface area contributed by atoms with Crippen molar-refractivity contribution in [1.29, 1.82) is 0 Å². The molecule has 0 aliphatic heterocycles. The van der Waals surface area contributed by atoms with Crippen LogP contribution in [0.2, 0.25) is 0 Å². The molecule has 5 nitrogen and oxygen atoms in total. The van der Waals surface area contributed by atoms with Crippen molar-refractivity contribution in [3.05, 3.63) is 89.8 Å². The van der Waals surface area contributed by atoms with Crippen molar-refractivity contribution in [3.8, 4) is 0 Å². The molecule has 1 fully saturated rings. The number of halogens is 1. The molecule has 0 amide bonds. The lowest BCUT2D eigenvalue weighted by Gasteiger charge is -2.19. The van der Waals surface area contributed by atoms with Crippen molar-refractivity contribution in [2.75, 3.05) is 13.6 Å². The molecule has 3 aromatic rings. The van der Waals surface area contributed by atoms with E-state index in [0.717, 1.165) is 30.9 Å². The van der Waals surface area contributed by atoms with E-state index in [1.54, 1.807) is 25.4 Å². The summed E-state index contributed by atoms with van der Waals surface area (Å²) in [5.41, 5.74) is 3.09. The number of hydrogen-bond acceptors (Lipinski definition) is 2. The van der Waals surface area contributed by atoms with E-state index in [0.29, 0.717) is 13.1 Å². The van der Waals surface area contributed by atoms with E-state index in [1.807, 2.05) is 29.2 Å². The zero-order chi connectivity index (χ0) is 20.1. The fourth-order valence-electron chi connectivity index (χ4n) is 3.67. The number of aliphatic imine (C=N–C) groups is 1. The fraction of sp³-hybridized carbons (Fsp3) is 0.304. The molecule has 0 spiro atoms. The molecule has 150 valence electrons. The molecule has 29 heavy (non-hydrogen) atoms. The van der Waals surface area contributed by atoms with E-state index in [9.17, 15) is 4.39 Å². The minimum Gasteiger partial charge on any atom is -0.356 e. The summed E-state index contributed by atoms with van der Waals surface area (Å²) in [4.78, 5) is 8.41. The number of nitrogens with zero attached hydrogens (tertiary/aromatic N) is 3. The van der Waals surface area contributed by atoms with Crippen molar-refractivity contribution in [2.24, 2.45) is 4.99 Å². The summed E-state index contributed by atoms with van der Waals surface area (Å²) >= 11 is 0. The minimum absolute atomic E-state index is 0.117. The third kappa shape index (κ3) is 4.65. The van der Waals surface area contributed by atoms with Gasteiger partial charge in [0.2, 0.25) is 0 Å². The van der Waals surface area contributed by atoms with Crippen LogP contribution in [0.4, 0.5) is 4.39 Å². The van der Waals surface area contributed by atoms with E-state index in [-0.39, 0.29) is 11.2 Å². The average Bonchev–Trinajstić information content (AvgIpc) is 3.35. The number of rotatable bonds is 7. The summed E-state index contributed by atoms with van der Waals surface area (Å²) in [6, 6.07) is 15.5. The molecule has 1 aliphatic carbocycles. The van der Waals surface area contributed by atoms with Gasteiger partial charge in [0.15, 0.2) is 5.96 Å². The summed E-state index contributed by atoms with van der Waals surface area (Å²) in [7, 11) is 1.76. The van der Waals surface area contributed by atoms with Crippen molar-refractivity contribution in [3.63, 3.8) is 0 Å². The standard InChI is InChI=1S/C23H26FN5/c1-25-22(28-16-23(9-10-23)20-7-2-3-8-21(20)24)27-14-18-5-4-6-19(13-18)15-29-12-11-26-17-29/h2-8,11-13,17H,9-10,14-16H2,1H3,(H2,25,27,28). The molecule has 1 aromatic heterocycles. The highest BCUT2D eigenvalue weighted by molar-refractivity contribution is 5.79. The fourth-order valence-corrected chi connectivity index (χ4v) is 3.67. The first-order valence-electron chi connectivity index (χ1n) is 9.92. The maximum atomic E-state index is 14.2. The molecular weight excluding hydrogens is 365 g/mol. The Morgan fingerprint density at radius 2 is 1.97 bits per heavy atom. The third-order valence-corrected chi connectivity index (χ3v) is 5.49. The van der Waals surface area contributed by atoms with E-state index in [4.69, 9.17) is 0 Å². The van der Waals surface area contributed by atoms with Crippen LogP contribution in [0.15, 0.2) is 72.2 Å². The van der Waals surface area contributed by atoms with Crippen LogP contribution in [0.25, 0.3) is 0 Å². The smallest absolute Gasteiger partial charge is 0.191 e. The number of guanidine groups is 1. The van der Waals surface area contributed by atoms with Crippen LogP contribution in [-0.4, -0.2) is 29.1 Å². The van der Waals surface area contributed by atoms with Crippen molar-refractivity contribution < 1.29 is 4.39 Å². The molecular formula is C23H26FN5. The zero-order valence-electron chi connectivity index (χ0n) is 16.6. The molecule has 4 rings (SSSR count). The van der Waals surface area contributed by atoms with E-state index < -0.39 is 0 Å². The van der Waals surface area contributed by atoms with Gasteiger partial charge in [0.25, 0.3) is 0 Å². The Kier molecular flexibility index (Phi) is 5.60. The first kappa shape index (κ1) is 19.2. The normalized spacial score (nSPS) is 15.2. The Labute approximate surface area is 170 Å². The van der Waals surface area contributed by atoms with Gasteiger partial charge < -0.3 is 15.2 Å². The Morgan fingerprint density at radius 3 is 2.69 bits per heavy atom. The van der Waals surface area contributed by atoms with Gasteiger partial charge in [0.1, 0.15) is 5.82 Å². The van der Waals surface area contributed by atoms with Gasteiger partial charge >= 0.3 is 0 Å². The molecule has 1 heterocycles. The van der Waals surface area contributed by atoms with E-state index in [1.165, 1.54) is 11.1 Å². The predicted molar refractivity (Wildman–Crippen MR) is 113 cm³/mol. The van der Waals surface area contributed by atoms with Crippen LogP contribution in [0.5, 0.6) is 0 Å². The first-order chi connectivity index (χ1) is 14.2. The summed E-state index contributed by atoms with van der Waals surface area (Å²) in [6.45, 7) is 2.14. The van der Waals surface area contributed by atoms with Crippen LogP contribution < -0.4 is 10.6 Å². The summed E-state index contributed by atoms with van der Waals surface area (Å²) in [5, 5.41) is 6.74. The molecule has 2 N–H and O–H groups in total. The molecule has 1 saturated carbocycles. The predicted octanol–water partition coefficient (Wildman–Crippen LogP) is 3.47. The molecule has 0 unspecified atom stereocenters. The average molecular weight is 391 g/mol. The van der Waals surface area contributed by atoms with Gasteiger partial charge in [0.05, 0.1) is 6.33 Å². The number of imidazole rings is 1. The molecule has 2 aromatic carbocycles. The van der Waals surface area contributed by atoms with Crippen molar-refractivity contribution in [1.82, 2.24) is 20.2 Å². The quantitative estimate of drug-likeness (QED) is 0.479. The van der Waals surface area contributed by atoms with Crippen molar-refractivity contribution in [2.45, 2.75) is 31.3 Å². The molecule has 0 radical (unpaired) electrons. The lowest BCUT2D eigenvalue weighted by molar-refractivity contribution is 0.559. The maximum absolute atomic E-state index is 14.2. The number of hydrogen-bond donors (Lipinski definition) is 2. The van der Waals surface area contributed by atoms with Gasteiger partial charge in [0, 0.05) is 44.5 Å². The summed E-state index contributed by atoms with van der Waals surface area (Å²) in [5.74, 6) is 0.608. The van der Waals surface area contributed by atoms with Crippen molar-refractivity contribution >= 4 is 5.96 Å². The van der Waals surface area contributed by atoms with E-state index in [2.05, 4.69) is 44.9 Å². The Morgan fingerprint density at radius 1 is 1.14 bits per heavy atom. The van der Waals surface area contributed by atoms with Crippen LogP contribution >= 0.6 is 0 Å².